The van der Waals surface area contributed by atoms with Crippen molar-refractivity contribution in [3.63, 3.8) is 0 Å². The molecule has 1 fully saturated rings. The summed E-state index contributed by atoms with van der Waals surface area (Å²) in [4.78, 5) is 40.3. The van der Waals surface area contributed by atoms with Gasteiger partial charge in [0.25, 0.3) is 5.91 Å². The molecule has 0 spiro atoms. The third-order valence-electron chi connectivity index (χ3n) is 6.07. The number of hydrogen-bond donors (Lipinski definition) is 2. The van der Waals surface area contributed by atoms with Crippen LogP contribution in [0, 0.1) is 25.2 Å². The van der Waals surface area contributed by atoms with Gasteiger partial charge in [0.1, 0.15) is 11.1 Å². The Balaban J connectivity index is 1.90. The summed E-state index contributed by atoms with van der Waals surface area (Å²) in [6.07, 6.45) is -0.210. The number of hydrogen-bond acceptors (Lipinski definition) is 7. The first kappa shape index (κ1) is 25.4. The molecule has 10 heteroatoms. The quantitative estimate of drug-likeness (QED) is 0.566. The molecule has 8 nitrogen and oxygen atoms in total. The Morgan fingerprint density at radius 1 is 1.25 bits per heavy atom. The molecule has 4 rings (SSSR count). The highest BCUT2D eigenvalue weighted by Crippen LogP contribution is 2.51. The van der Waals surface area contributed by atoms with Crippen molar-refractivity contribution < 1.29 is 19.1 Å². The zero-order valence-electron chi connectivity index (χ0n) is 19.8. The first-order valence-electron chi connectivity index (χ1n) is 11.0. The van der Waals surface area contributed by atoms with Crippen molar-refractivity contribution in [3.05, 3.63) is 86.2 Å². The molecular weight excluding hydrogens is 500 g/mol. The Bertz CT molecular complexity index is 1390. The maximum atomic E-state index is 13.9. The normalized spacial score (nSPS) is 19.2. The van der Waals surface area contributed by atoms with Gasteiger partial charge in [-0.25, -0.2) is 0 Å². The number of anilines is 1. The van der Waals surface area contributed by atoms with Gasteiger partial charge in [-0.3, -0.25) is 19.3 Å². The largest absolute Gasteiger partial charge is 0.469 e. The lowest BCUT2D eigenvalue weighted by molar-refractivity contribution is -0.142. The van der Waals surface area contributed by atoms with Gasteiger partial charge in [-0.1, -0.05) is 59.3 Å². The number of nitriles is 1. The number of rotatable bonds is 5. The molecule has 0 aromatic heterocycles. The molecule has 2 aliphatic rings. The van der Waals surface area contributed by atoms with E-state index in [4.69, 9.17) is 22.1 Å². The van der Waals surface area contributed by atoms with Gasteiger partial charge < -0.3 is 15.8 Å². The van der Waals surface area contributed by atoms with Crippen LogP contribution in [0.5, 0.6) is 0 Å². The van der Waals surface area contributed by atoms with Gasteiger partial charge in [0.05, 0.1) is 41.7 Å². The van der Waals surface area contributed by atoms with Crippen LogP contribution in [0.25, 0.3) is 0 Å². The number of nitrogens with zero attached hydrogens (tertiary/aromatic N) is 2. The minimum atomic E-state index is -0.919. The molecule has 0 radical (unpaired) electrons. The fourth-order valence-corrected chi connectivity index (χ4v) is 5.88. The third kappa shape index (κ3) is 4.45. The minimum Gasteiger partial charge on any atom is -0.469 e. The number of thioether (sulfide) groups is 1. The third-order valence-corrected chi connectivity index (χ3v) is 7.69. The number of halogens is 1. The van der Waals surface area contributed by atoms with Gasteiger partial charge in [0.15, 0.2) is 0 Å². The second-order valence-electron chi connectivity index (χ2n) is 8.42. The number of fused-ring (bicyclic) bond motifs is 1. The predicted molar refractivity (Wildman–Crippen MR) is 137 cm³/mol. The number of nitrogens with two attached hydrogens (primary N) is 1. The molecule has 2 aliphatic heterocycles. The van der Waals surface area contributed by atoms with Crippen LogP contribution < -0.4 is 11.1 Å². The first-order valence-corrected chi connectivity index (χ1v) is 12.3. The zero-order chi connectivity index (χ0) is 26.1. The fraction of sp³-hybridized carbons (Fsp3) is 0.231. The van der Waals surface area contributed by atoms with Gasteiger partial charge >= 0.3 is 5.97 Å². The molecule has 2 aromatic carbocycles. The number of carbonyl (C=O) groups excluding carboxylic acids is 3. The van der Waals surface area contributed by atoms with E-state index in [-0.39, 0.29) is 28.4 Å². The van der Waals surface area contributed by atoms with Crippen LogP contribution in [-0.4, -0.2) is 35.0 Å². The van der Waals surface area contributed by atoms with Crippen LogP contribution in [0.2, 0.25) is 5.02 Å². The molecule has 2 amide bonds. The van der Waals surface area contributed by atoms with Gasteiger partial charge in [-0.15, -0.1) is 0 Å². The summed E-state index contributed by atoms with van der Waals surface area (Å²) in [5.74, 6) is -2.59. The monoisotopic (exact) mass is 522 g/mol. The molecule has 2 aromatic rings. The summed E-state index contributed by atoms with van der Waals surface area (Å²) < 4.78 is 4.73. The Hall–Kier alpha value is -3.74. The molecule has 184 valence electrons. The van der Waals surface area contributed by atoms with Crippen LogP contribution >= 0.6 is 23.4 Å². The number of aryl methyl sites for hydroxylation is 2. The van der Waals surface area contributed by atoms with Crippen molar-refractivity contribution in [1.29, 1.82) is 5.26 Å². The second kappa shape index (κ2) is 10.1. The molecule has 0 bridgehead atoms. The van der Waals surface area contributed by atoms with Crippen molar-refractivity contribution in [1.82, 2.24) is 4.90 Å². The average Bonchev–Trinajstić information content (AvgIpc) is 3.16. The van der Waals surface area contributed by atoms with E-state index in [2.05, 4.69) is 11.4 Å². The SMILES string of the molecule is COC(=O)C[C@@H]1SC2=C(C(=O)Nc3ccc(C)cc3C)[C@H](c3ccccc3Cl)C(C#N)=C(N)N2C1=O. The summed E-state index contributed by atoms with van der Waals surface area (Å²) in [5, 5.41) is 12.8. The lowest BCUT2D eigenvalue weighted by Gasteiger charge is -2.32. The Morgan fingerprint density at radius 2 is 1.97 bits per heavy atom. The number of ether oxygens (including phenoxy) is 1. The van der Waals surface area contributed by atoms with E-state index < -0.39 is 29.0 Å². The fourth-order valence-electron chi connectivity index (χ4n) is 4.31. The van der Waals surface area contributed by atoms with E-state index in [0.29, 0.717) is 16.3 Å². The maximum absolute atomic E-state index is 13.9. The molecule has 0 unspecified atom stereocenters. The summed E-state index contributed by atoms with van der Waals surface area (Å²) in [6.45, 7) is 3.82. The van der Waals surface area contributed by atoms with Gasteiger partial charge in [-0.05, 0) is 37.1 Å². The molecule has 0 aliphatic carbocycles. The van der Waals surface area contributed by atoms with Gasteiger partial charge in [0, 0.05) is 10.7 Å². The number of carbonyl (C=O) groups is 3. The van der Waals surface area contributed by atoms with Crippen LogP contribution in [0.1, 0.15) is 29.0 Å². The lowest BCUT2D eigenvalue weighted by Crippen LogP contribution is -2.39. The molecule has 36 heavy (non-hydrogen) atoms. The maximum Gasteiger partial charge on any atom is 0.307 e. The number of nitrogens with one attached hydrogen (secondary N) is 1. The molecule has 2 heterocycles. The van der Waals surface area contributed by atoms with Crippen LogP contribution in [0.4, 0.5) is 5.69 Å². The smallest absolute Gasteiger partial charge is 0.307 e. The molecule has 3 N–H and O–H groups in total. The Labute approximate surface area is 217 Å². The topological polar surface area (TPSA) is 126 Å². The van der Waals surface area contributed by atoms with Crippen molar-refractivity contribution in [2.24, 2.45) is 5.73 Å². The van der Waals surface area contributed by atoms with E-state index in [1.54, 1.807) is 30.3 Å². The van der Waals surface area contributed by atoms with Gasteiger partial charge in [-0.2, -0.15) is 5.26 Å². The number of amides is 2. The summed E-state index contributed by atoms with van der Waals surface area (Å²) >= 11 is 7.56. The number of allylic oxidation sites excluding steroid dienone is 1. The van der Waals surface area contributed by atoms with Crippen molar-refractivity contribution in [2.75, 3.05) is 12.4 Å². The number of methoxy groups -OCH3 is 1. The molecule has 2 atom stereocenters. The van der Waals surface area contributed by atoms with E-state index in [1.807, 2.05) is 26.0 Å². The Kier molecular flexibility index (Phi) is 7.11. The molecular formula is C26H23ClN4O4S. The highest BCUT2D eigenvalue weighted by molar-refractivity contribution is 8.04. The average molecular weight is 523 g/mol. The van der Waals surface area contributed by atoms with Crippen molar-refractivity contribution in [3.8, 4) is 6.07 Å². The number of esters is 1. The number of benzene rings is 2. The van der Waals surface area contributed by atoms with E-state index >= 15 is 0 Å². The molecule has 1 saturated heterocycles. The summed E-state index contributed by atoms with van der Waals surface area (Å²) in [5.41, 5.74) is 9.50. The van der Waals surface area contributed by atoms with Gasteiger partial charge in [0.2, 0.25) is 5.91 Å². The minimum absolute atomic E-state index is 0.0188. The van der Waals surface area contributed by atoms with Crippen molar-refractivity contribution >= 4 is 46.8 Å². The highest BCUT2D eigenvalue weighted by Gasteiger charge is 2.49. The predicted octanol–water partition coefficient (Wildman–Crippen LogP) is 4.11. The Morgan fingerprint density at radius 3 is 2.61 bits per heavy atom. The standard InChI is InChI=1S/C26H23ClN4O4S/c1-13-8-9-18(14(2)10-13)30-24(33)22-21(15-6-4-5-7-17(15)27)16(12-28)23(29)31-25(34)19(36-26(22)31)11-20(32)35-3/h4-10,19,21H,11,29H2,1-3H3,(H,30,33)/t19-,21+/m0/s1. The van der Waals surface area contributed by atoms with E-state index in [0.717, 1.165) is 27.8 Å². The summed E-state index contributed by atoms with van der Waals surface area (Å²) in [6, 6.07) is 14.5. The van der Waals surface area contributed by atoms with E-state index in [1.165, 1.54) is 7.11 Å². The second-order valence-corrected chi connectivity index (χ2v) is 10.0. The first-order chi connectivity index (χ1) is 17.2. The van der Waals surface area contributed by atoms with Crippen LogP contribution in [0.3, 0.4) is 0 Å². The van der Waals surface area contributed by atoms with Crippen molar-refractivity contribution in [2.45, 2.75) is 31.4 Å². The highest BCUT2D eigenvalue weighted by atomic mass is 35.5. The lowest BCUT2D eigenvalue weighted by atomic mass is 9.82. The van der Waals surface area contributed by atoms with Crippen LogP contribution in [0.15, 0.2) is 64.5 Å². The summed E-state index contributed by atoms with van der Waals surface area (Å²) in [7, 11) is 1.23. The molecule has 0 saturated carbocycles. The van der Waals surface area contributed by atoms with Crippen LogP contribution in [-0.2, 0) is 19.1 Å². The van der Waals surface area contributed by atoms with E-state index in [9.17, 15) is 19.6 Å². The zero-order valence-corrected chi connectivity index (χ0v) is 21.4.